The van der Waals surface area contributed by atoms with Gasteiger partial charge in [0.05, 0.1) is 6.10 Å². The second-order valence-electron chi connectivity index (χ2n) is 5.91. The number of aromatic nitrogens is 1. The minimum Gasteiger partial charge on any atom is -0.373 e. The summed E-state index contributed by atoms with van der Waals surface area (Å²) in [6.07, 6.45) is 16.9. The van der Waals surface area contributed by atoms with Crippen molar-refractivity contribution in [2.45, 2.75) is 46.6 Å². The molecular weight excluding hydrogens is 322 g/mol. The van der Waals surface area contributed by atoms with E-state index in [0.29, 0.717) is 6.42 Å². The van der Waals surface area contributed by atoms with Gasteiger partial charge in [0, 0.05) is 31.3 Å². The van der Waals surface area contributed by atoms with Gasteiger partial charge in [-0.2, -0.15) is 0 Å². The predicted octanol–water partition coefficient (Wildman–Crippen LogP) is 5.04. The fraction of sp³-hybridized carbons (Fsp3) is 0.391. The van der Waals surface area contributed by atoms with E-state index in [1.807, 2.05) is 75.4 Å². The van der Waals surface area contributed by atoms with Gasteiger partial charge in [-0.25, -0.2) is 0 Å². The van der Waals surface area contributed by atoms with Crippen LogP contribution in [0.15, 0.2) is 66.4 Å². The molecule has 0 aliphatic heterocycles. The first-order chi connectivity index (χ1) is 12.6. The van der Waals surface area contributed by atoms with Gasteiger partial charge in [-0.15, -0.1) is 0 Å². The van der Waals surface area contributed by atoms with Crippen LogP contribution in [0.5, 0.6) is 0 Å². The number of hydrogen-bond acceptors (Lipinski definition) is 3. The number of carbonyl (C=O) groups excluding carboxylic acids is 1. The van der Waals surface area contributed by atoms with Crippen LogP contribution in [-0.4, -0.2) is 24.0 Å². The number of pyridine rings is 1. The maximum absolute atomic E-state index is 12.5. The van der Waals surface area contributed by atoms with Gasteiger partial charge in [0.15, 0.2) is 0 Å². The minimum absolute atomic E-state index is 0.0367. The molecule has 0 spiro atoms. The Balaban J connectivity index is 0.00000163. The van der Waals surface area contributed by atoms with Crippen molar-refractivity contribution >= 4 is 5.78 Å². The molecule has 0 radical (unpaired) electrons. The van der Waals surface area contributed by atoms with Crippen LogP contribution in [-0.2, 0) is 22.4 Å². The quantitative estimate of drug-likeness (QED) is 0.719. The monoisotopic (exact) mass is 353 g/mol. The number of hydrogen-bond donors (Lipinski definition) is 0. The average molecular weight is 354 g/mol. The van der Waals surface area contributed by atoms with Crippen molar-refractivity contribution in [3.63, 3.8) is 0 Å². The van der Waals surface area contributed by atoms with Crippen LogP contribution in [0.1, 0.15) is 39.0 Å². The number of aryl methyl sites for hydroxylation is 1. The van der Waals surface area contributed by atoms with Gasteiger partial charge in [0.25, 0.3) is 0 Å². The third kappa shape index (κ3) is 7.32. The minimum atomic E-state index is -0.161. The Morgan fingerprint density at radius 2 is 2.04 bits per heavy atom. The van der Waals surface area contributed by atoms with Crippen molar-refractivity contribution in [3.8, 4) is 0 Å². The molecular formula is C23H31NO2. The molecule has 0 saturated heterocycles. The number of Topliss-reactive ketones (excluding diaryl/α,β-unsaturated/α-hetero) is 1. The second-order valence-corrected chi connectivity index (χ2v) is 5.91. The molecule has 1 heterocycles. The average Bonchev–Trinajstić information content (AvgIpc) is 2.66. The first kappa shape index (κ1) is 21.8. The molecule has 0 N–H and O–H groups in total. The van der Waals surface area contributed by atoms with Crippen LogP contribution < -0.4 is 0 Å². The molecule has 26 heavy (non-hydrogen) atoms. The van der Waals surface area contributed by atoms with Crippen LogP contribution in [0.3, 0.4) is 0 Å². The van der Waals surface area contributed by atoms with E-state index in [0.717, 1.165) is 17.7 Å². The van der Waals surface area contributed by atoms with Crippen molar-refractivity contribution in [2.24, 2.45) is 5.92 Å². The van der Waals surface area contributed by atoms with E-state index in [1.54, 1.807) is 13.3 Å². The zero-order valence-electron chi connectivity index (χ0n) is 16.6. The molecule has 0 aromatic carbocycles. The Labute approximate surface area is 158 Å². The summed E-state index contributed by atoms with van der Waals surface area (Å²) in [5.41, 5.74) is 3.07. The molecule has 0 fully saturated rings. The lowest BCUT2D eigenvalue weighted by atomic mass is 9.97. The maximum Gasteiger partial charge on any atom is 0.145 e. The van der Waals surface area contributed by atoms with Crippen LogP contribution in [0.25, 0.3) is 0 Å². The summed E-state index contributed by atoms with van der Waals surface area (Å²) >= 11 is 0. The molecule has 3 heteroatoms. The Kier molecular flexibility index (Phi) is 10.2. The summed E-state index contributed by atoms with van der Waals surface area (Å²) in [6, 6.07) is 4.00. The normalized spacial score (nSPS) is 22.3. The van der Waals surface area contributed by atoms with Crippen molar-refractivity contribution in [1.82, 2.24) is 4.98 Å². The predicted molar refractivity (Wildman–Crippen MR) is 109 cm³/mol. The van der Waals surface area contributed by atoms with E-state index >= 15 is 0 Å². The standard InChI is InChI=1S/C21H25NO2.C2H6/c1-4-17-11-12-22-19(14-17)15-21(23)16(2)13-18-7-5-6-8-20(24-3)10-9-18;1-2/h5-14,16,20H,4,15H2,1-3H3;1-2H3/b7-5-,8-6-,10-9-,18-13-;. The second kappa shape index (κ2) is 12.2. The highest BCUT2D eigenvalue weighted by molar-refractivity contribution is 5.84. The molecule has 1 aromatic heterocycles. The number of allylic oxidation sites excluding steroid dienone is 6. The molecule has 0 saturated carbocycles. The van der Waals surface area contributed by atoms with Crippen molar-refractivity contribution in [3.05, 3.63) is 77.7 Å². The maximum atomic E-state index is 12.5. The summed E-state index contributed by atoms with van der Waals surface area (Å²) in [4.78, 5) is 16.8. The molecule has 1 aliphatic carbocycles. The Morgan fingerprint density at radius 3 is 2.73 bits per heavy atom. The highest BCUT2D eigenvalue weighted by Gasteiger charge is 2.13. The summed E-state index contributed by atoms with van der Waals surface area (Å²) in [6.45, 7) is 8.03. The van der Waals surface area contributed by atoms with Crippen LogP contribution in [0.4, 0.5) is 0 Å². The largest absolute Gasteiger partial charge is 0.373 e. The van der Waals surface area contributed by atoms with Gasteiger partial charge in [-0.05, 0) is 29.7 Å². The topological polar surface area (TPSA) is 39.2 Å². The number of nitrogens with zero attached hydrogens (tertiary/aromatic N) is 1. The molecule has 0 bridgehead atoms. The zero-order chi connectivity index (χ0) is 19.4. The van der Waals surface area contributed by atoms with Gasteiger partial charge >= 0.3 is 0 Å². The van der Waals surface area contributed by atoms with Gasteiger partial charge < -0.3 is 4.74 Å². The van der Waals surface area contributed by atoms with Crippen LogP contribution in [0.2, 0.25) is 0 Å². The van der Waals surface area contributed by atoms with Crippen LogP contribution >= 0.6 is 0 Å². The summed E-state index contributed by atoms with van der Waals surface area (Å²) in [5, 5.41) is 0. The molecule has 2 rings (SSSR count). The van der Waals surface area contributed by atoms with Gasteiger partial charge in [0.1, 0.15) is 5.78 Å². The van der Waals surface area contributed by atoms with E-state index < -0.39 is 0 Å². The fourth-order valence-electron chi connectivity index (χ4n) is 2.50. The molecule has 1 aromatic rings. The van der Waals surface area contributed by atoms with E-state index in [1.165, 1.54) is 5.56 Å². The van der Waals surface area contributed by atoms with E-state index in [-0.39, 0.29) is 17.8 Å². The fourth-order valence-corrected chi connectivity index (χ4v) is 2.50. The first-order valence-corrected chi connectivity index (χ1v) is 9.36. The zero-order valence-corrected chi connectivity index (χ0v) is 16.6. The van der Waals surface area contributed by atoms with E-state index in [4.69, 9.17) is 4.74 Å². The van der Waals surface area contributed by atoms with Gasteiger partial charge in [-0.1, -0.05) is 70.2 Å². The molecule has 2 unspecified atom stereocenters. The molecule has 0 amide bonds. The number of carbonyl (C=O) groups is 1. The summed E-state index contributed by atoms with van der Waals surface area (Å²) in [7, 11) is 1.68. The molecule has 3 nitrogen and oxygen atoms in total. The van der Waals surface area contributed by atoms with Crippen molar-refractivity contribution in [1.29, 1.82) is 0 Å². The molecule has 2 atom stereocenters. The number of ketones is 1. The highest BCUT2D eigenvalue weighted by Crippen LogP contribution is 2.13. The number of methoxy groups -OCH3 is 1. The van der Waals surface area contributed by atoms with Gasteiger partial charge in [-0.3, -0.25) is 9.78 Å². The number of ether oxygens (including phenoxy) is 1. The van der Waals surface area contributed by atoms with Crippen molar-refractivity contribution in [2.75, 3.05) is 7.11 Å². The third-order valence-corrected chi connectivity index (χ3v) is 4.05. The third-order valence-electron chi connectivity index (χ3n) is 4.05. The SMILES string of the molecule is CC.CCc1ccnc(CC(=O)C(C)/C=C2/C=C\C=C/C(OC)\C=C/2)c1. The van der Waals surface area contributed by atoms with E-state index in [9.17, 15) is 4.79 Å². The number of rotatable bonds is 6. The first-order valence-electron chi connectivity index (χ1n) is 9.36. The lowest BCUT2D eigenvalue weighted by molar-refractivity contribution is -0.120. The van der Waals surface area contributed by atoms with E-state index in [2.05, 4.69) is 11.9 Å². The Morgan fingerprint density at radius 1 is 1.27 bits per heavy atom. The smallest absolute Gasteiger partial charge is 0.145 e. The summed E-state index contributed by atoms with van der Waals surface area (Å²) in [5.74, 6) is 0.0109. The molecule has 1 aliphatic rings. The van der Waals surface area contributed by atoms with Crippen LogP contribution in [0, 0.1) is 5.92 Å². The Bertz CT molecular complexity index is 683. The lowest BCUT2D eigenvalue weighted by Gasteiger charge is -2.09. The lowest BCUT2D eigenvalue weighted by Crippen LogP contribution is -2.13. The van der Waals surface area contributed by atoms with Gasteiger partial charge in [0.2, 0.25) is 0 Å². The summed E-state index contributed by atoms with van der Waals surface area (Å²) < 4.78 is 5.32. The molecule has 140 valence electrons. The Hall–Kier alpha value is -2.26. The van der Waals surface area contributed by atoms with Crippen molar-refractivity contribution < 1.29 is 9.53 Å². The highest BCUT2D eigenvalue weighted by atomic mass is 16.5.